The molecule has 10 nitrogen and oxygen atoms in total. The molecule has 1 aliphatic heterocycles. The molecule has 0 unspecified atom stereocenters. The van der Waals surface area contributed by atoms with E-state index in [-0.39, 0.29) is 28.2 Å². The van der Waals surface area contributed by atoms with Gasteiger partial charge in [-0.05, 0) is 42.0 Å². The molecule has 4 aromatic rings. The maximum atomic E-state index is 13.2. The number of nitrogens with one attached hydrogen (secondary N) is 2. The Labute approximate surface area is 207 Å². The molecular formula is C25H23N5O5S. The maximum absolute atomic E-state index is 13.2. The molecule has 2 aromatic heterocycles. The van der Waals surface area contributed by atoms with E-state index in [0.717, 1.165) is 10.9 Å². The van der Waals surface area contributed by atoms with Gasteiger partial charge in [-0.15, -0.1) is 0 Å². The van der Waals surface area contributed by atoms with E-state index in [1.807, 2.05) is 0 Å². The number of carbonyl (C=O) groups is 2. The van der Waals surface area contributed by atoms with E-state index in [0.29, 0.717) is 43.1 Å². The summed E-state index contributed by atoms with van der Waals surface area (Å²) >= 11 is 0. The lowest BCUT2D eigenvalue weighted by Gasteiger charge is -2.27. The van der Waals surface area contributed by atoms with Gasteiger partial charge in [0.15, 0.2) is 5.65 Å². The molecular weight excluding hydrogens is 482 g/mol. The molecule has 1 fully saturated rings. The highest BCUT2D eigenvalue weighted by atomic mass is 32.2. The Morgan fingerprint density at radius 2 is 1.75 bits per heavy atom. The van der Waals surface area contributed by atoms with Crippen molar-refractivity contribution in [2.45, 2.75) is 16.3 Å². The zero-order chi connectivity index (χ0) is 25.1. The van der Waals surface area contributed by atoms with Crippen LogP contribution in [0.3, 0.4) is 0 Å². The zero-order valence-corrected chi connectivity index (χ0v) is 20.0. The van der Waals surface area contributed by atoms with Gasteiger partial charge in [-0.3, -0.25) is 14.7 Å². The number of benzene rings is 2. The second kappa shape index (κ2) is 9.88. The van der Waals surface area contributed by atoms with Crippen LogP contribution in [0.4, 0.5) is 0 Å². The first-order chi connectivity index (χ1) is 17.4. The molecule has 0 radical (unpaired) electrons. The van der Waals surface area contributed by atoms with Crippen molar-refractivity contribution in [3.05, 3.63) is 83.7 Å². The molecule has 0 saturated carbocycles. The first-order valence-corrected chi connectivity index (χ1v) is 12.8. The first kappa shape index (κ1) is 23.6. The summed E-state index contributed by atoms with van der Waals surface area (Å²) in [6, 6.07) is 14.0. The third kappa shape index (κ3) is 4.83. The Morgan fingerprint density at radius 3 is 2.53 bits per heavy atom. The summed E-state index contributed by atoms with van der Waals surface area (Å²) in [5.74, 6) is -0.521. The maximum Gasteiger partial charge on any atom is 0.254 e. The van der Waals surface area contributed by atoms with Gasteiger partial charge in [0.2, 0.25) is 9.84 Å². The van der Waals surface area contributed by atoms with Gasteiger partial charge in [0.25, 0.3) is 11.8 Å². The summed E-state index contributed by atoms with van der Waals surface area (Å²) in [6.07, 6.45) is 3.05. The number of hydrogen-bond acceptors (Lipinski definition) is 7. The van der Waals surface area contributed by atoms with E-state index in [1.165, 1.54) is 30.5 Å². The molecule has 1 aliphatic rings. The van der Waals surface area contributed by atoms with Crippen LogP contribution in [0.1, 0.15) is 26.3 Å². The Morgan fingerprint density at radius 1 is 0.972 bits per heavy atom. The second-order valence-corrected chi connectivity index (χ2v) is 10.2. The fourth-order valence-electron chi connectivity index (χ4n) is 3.91. The summed E-state index contributed by atoms with van der Waals surface area (Å²) in [5, 5.41) is 10.2. The Bertz CT molecular complexity index is 1530. The van der Waals surface area contributed by atoms with E-state index in [2.05, 4.69) is 20.5 Å². The molecule has 5 rings (SSSR count). The number of fused-ring (bicyclic) bond motifs is 1. The van der Waals surface area contributed by atoms with Crippen LogP contribution in [-0.4, -0.2) is 66.6 Å². The number of aromatic amines is 1. The van der Waals surface area contributed by atoms with Crippen LogP contribution >= 0.6 is 0 Å². The third-order valence-corrected chi connectivity index (χ3v) is 7.70. The minimum absolute atomic E-state index is 0.0461. The summed E-state index contributed by atoms with van der Waals surface area (Å²) in [4.78, 5) is 31.2. The SMILES string of the molecule is O=C(NCc1ccc(S(=O)(=O)c2cccc(C(=O)N3CCOCC3)c2)cc1)c1cnc2[nH]ncc2c1. The van der Waals surface area contributed by atoms with E-state index in [1.54, 1.807) is 41.4 Å². The number of hydrogen-bond donors (Lipinski definition) is 2. The largest absolute Gasteiger partial charge is 0.378 e. The summed E-state index contributed by atoms with van der Waals surface area (Å²) < 4.78 is 31.7. The number of sulfone groups is 1. The molecule has 11 heteroatoms. The number of nitrogens with zero attached hydrogens (tertiary/aromatic N) is 3. The van der Waals surface area contributed by atoms with Crippen LogP contribution < -0.4 is 5.32 Å². The lowest BCUT2D eigenvalue weighted by atomic mass is 10.2. The van der Waals surface area contributed by atoms with Crippen molar-refractivity contribution in [2.75, 3.05) is 26.3 Å². The van der Waals surface area contributed by atoms with E-state index in [9.17, 15) is 18.0 Å². The Hall–Kier alpha value is -4.09. The summed E-state index contributed by atoms with van der Waals surface area (Å²) in [5.41, 5.74) is 2.05. The lowest BCUT2D eigenvalue weighted by Crippen LogP contribution is -2.40. The standard InChI is InChI=1S/C25H23N5O5S/c31-24(20-12-19-16-28-29-23(19)26-15-20)27-14-17-4-6-21(7-5-17)36(33,34)22-3-1-2-18(13-22)25(32)30-8-10-35-11-9-30/h1-7,12-13,15-16H,8-11,14H2,(H,27,31)(H,26,28,29). The number of carbonyl (C=O) groups excluding carboxylic acids is 2. The smallest absolute Gasteiger partial charge is 0.254 e. The van der Waals surface area contributed by atoms with Crippen molar-refractivity contribution in [3.8, 4) is 0 Å². The number of H-pyrrole nitrogens is 1. The summed E-state index contributed by atoms with van der Waals surface area (Å²) in [6.45, 7) is 2.09. The number of pyridine rings is 1. The molecule has 0 atom stereocenters. The van der Waals surface area contributed by atoms with Crippen molar-refractivity contribution >= 4 is 32.7 Å². The van der Waals surface area contributed by atoms with Crippen molar-refractivity contribution < 1.29 is 22.7 Å². The molecule has 2 amide bonds. The van der Waals surface area contributed by atoms with Gasteiger partial charge in [0.1, 0.15) is 0 Å². The quantitative estimate of drug-likeness (QED) is 0.410. The van der Waals surface area contributed by atoms with Crippen LogP contribution in [-0.2, 0) is 21.1 Å². The Kier molecular flexibility index (Phi) is 6.49. The first-order valence-electron chi connectivity index (χ1n) is 11.3. The number of morpholine rings is 1. The van der Waals surface area contributed by atoms with Crippen molar-refractivity contribution in [3.63, 3.8) is 0 Å². The number of rotatable bonds is 6. The molecule has 0 aliphatic carbocycles. The molecule has 2 N–H and O–H groups in total. The lowest BCUT2D eigenvalue weighted by molar-refractivity contribution is 0.0302. The third-order valence-electron chi connectivity index (χ3n) is 5.93. The van der Waals surface area contributed by atoms with Crippen LogP contribution in [0.25, 0.3) is 11.0 Å². The Balaban J connectivity index is 1.27. The van der Waals surface area contributed by atoms with Gasteiger partial charge in [0, 0.05) is 36.8 Å². The molecule has 1 saturated heterocycles. The predicted molar refractivity (Wildman–Crippen MR) is 130 cm³/mol. The predicted octanol–water partition coefficient (Wildman–Crippen LogP) is 2.19. The van der Waals surface area contributed by atoms with Gasteiger partial charge < -0.3 is 15.0 Å². The summed E-state index contributed by atoms with van der Waals surface area (Å²) in [7, 11) is -3.83. The monoisotopic (exact) mass is 505 g/mol. The van der Waals surface area contributed by atoms with Crippen LogP contribution in [0.15, 0.2) is 76.8 Å². The molecule has 36 heavy (non-hydrogen) atoms. The van der Waals surface area contributed by atoms with E-state index < -0.39 is 9.84 Å². The number of ether oxygens (including phenoxy) is 1. The fourth-order valence-corrected chi connectivity index (χ4v) is 5.22. The van der Waals surface area contributed by atoms with Crippen LogP contribution in [0.5, 0.6) is 0 Å². The van der Waals surface area contributed by atoms with Crippen molar-refractivity contribution in [2.24, 2.45) is 0 Å². The van der Waals surface area contributed by atoms with Crippen molar-refractivity contribution in [1.29, 1.82) is 0 Å². The zero-order valence-electron chi connectivity index (χ0n) is 19.2. The average molecular weight is 506 g/mol. The van der Waals surface area contributed by atoms with Crippen LogP contribution in [0.2, 0.25) is 0 Å². The van der Waals surface area contributed by atoms with E-state index in [4.69, 9.17) is 4.74 Å². The molecule has 0 spiro atoms. The molecule has 2 aromatic carbocycles. The minimum Gasteiger partial charge on any atom is -0.378 e. The van der Waals surface area contributed by atoms with Gasteiger partial charge in [0.05, 0.1) is 34.8 Å². The molecule has 0 bridgehead atoms. The molecule has 3 heterocycles. The van der Waals surface area contributed by atoms with Crippen molar-refractivity contribution in [1.82, 2.24) is 25.4 Å². The molecule has 184 valence electrons. The van der Waals surface area contributed by atoms with Gasteiger partial charge in [-0.1, -0.05) is 18.2 Å². The van der Waals surface area contributed by atoms with Crippen LogP contribution in [0, 0.1) is 0 Å². The highest BCUT2D eigenvalue weighted by molar-refractivity contribution is 7.91. The highest BCUT2D eigenvalue weighted by Crippen LogP contribution is 2.23. The normalized spacial score (nSPS) is 14.1. The highest BCUT2D eigenvalue weighted by Gasteiger charge is 2.22. The van der Waals surface area contributed by atoms with Gasteiger partial charge in [-0.25, -0.2) is 13.4 Å². The average Bonchev–Trinajstić information content (AvgIpc) is 3.40. The topological polar surface area (TPSA) is 134 Å². The second-order valence-electron chi connectivity index (χ2n) is 8.29. The fraction of sp³-hybridized carbons (Fsp3) is 0.200. The van der Waals surface area contributed by atoms with E-state index >= 15 is 0 Å². The number of amides is 2. The van der Waals surface area contributed by atoms with Gasteiger partial charge >= 0.3 is 0 Å². The minimum atomic E-state index is -3.83. The van der Waals surface area contributed by atoms with Gasteiger partial charge in [-0.2, -0.15) is 5.10 Å². The number of aromatic nitrogens is 3.